The normalized spacial score (nSPS) is 12.4. The second kappa shape index (κ2) is 7.06. The molecule has 1 rings (SSSR count). The Morgan fingerprint density at radius 1 is 1.16 bits per heavy atom. The lowest BCUT2D eigenvalue weighted by Gasteiger charge is -2.35. The molecule has 1 N–H and O–H groups in total. The molecule has 0 radical (unpaired) electrons. The lowest BCUT2D eigenvalue weighted by atomic mass is 9.97. The lowest BCUT2D eigenvalue weighted by molar-refractivity contribution is 0.118. The molecule has 0 spiro atoms. The van der Waals surface area contributed by atoms with Crippen molar-refractivity contribution in [3.8, 4) is 0 Å². The fraction of sp³-hybridized carbons (Fsp3) is 0.647. The van der Waals surface area contributed by atoms with Crippen molar-refractivity contribution >= 4 is 0 Å². The zero-order valence-electron chi connectivity index (χ0n) is 13.1. The van der Waals surface area contributed by atoms with Crippen LogP contribution >= 0.6 is 0 Å². The van der Waals surface area contributed by atoms with Crippen LogP contribution in [0.15, 0.2) is 24.3 Å². The first-order chi connectivity index (χ1) is 8.86. The summed E-state index contributed by atoms with van der Waals surface area (Å²) in [6.07, 6.45) is 1.87. The van der Waals surface area contributed by atoms with Gasteiger partial charge in [-0.3, -0.25) is 0 Å². The first kappa shape index (κ1) is 16.2. The topological polar surface area (TPSA) is 23.5 Å². The lowest BCUT2D eigenvalue weighted by Crippen LogP contribution is -2.42. The van der Waals surface area contributed by atoms with Crippen molar-refractivity contribution in [1.29, 1.82) is 0 Å². The minimum absolute atomic E-state index is 0.0621. The predicted octanol–water partition coefficient (Wildman–Crippen LogP) is 3.45. The molecule has 0 atom stereocenters. The molecule has 19 heavy (non-hydrogen) atoms. The fourth-order valence-corrected chi connectivity index (χ4v) is 2.13. The van der Waals surface area contributed by atoms with Crippen molar-refractivity contribution < 1.29 is 5.11 Å². The molecule has 108 valence electrons. The van der Waals surface area contributed by atoms with Crippen molar-refractivity contribution in [2.24, 2.45) is 0 Å². The van der Waals surface area contributed by atoms with Crippen molar-refractivity contribution in [2.75, 3.05) is 20.2 Å². The highest BCUT2D eigenvalue weighted by Crippen LogP contribution is 2.18. The summed E-state index contributed by atoms with van der Waals surface area (Å²) in [6, 6.07) is 8.95. The van der Waals surface area contributed by atoms with Gasteiger partial charge in [-0.2, -0.15) is 0 Å². The molecule has 0 aliphatic heterocycles. The monoisotopic (exact) mass is 263 g/mol. The van der Waals surface area contributed by atoms with Crippen LogP contribution in [0.5, 0.6) is 0 Å². The number of aliphatic hydroxyl groups is 1. The molecule has 0 aliphatic carbocycles. The maximum atomic E-state index is 9.09. The molecular weight excluding hydrogens is 234 g/mol. The van der Waals surface area contributed by atoms with E-state index in [0.29, 0.717) is 5.92 Å². The van der Waals surface area contributed by atoms with Crippen molar-refractivity contribution in [3.05, 3.63) is 35.4 Å². The van der Waals surface area contributed by atoms with Crippen LogP contribution in [-0.2, 0) is 6.42 Å². The van der Waals surface area contributed by atoms with Gasteiger partial charge < -0.3 is 10.0 Å². The van der Waals surface area contributed by atoms with E-state index in [9.17, 15) is 0 Å². The Labute approximate surface area is 118 Å². The Balaban J connectivity index is 2.52. The van der Waals surface area contributed by atoms with Gasteiger partial charge in [0.2, 0.25) is 0 Å². The van der Waals surface area contributed by atoms with Crippen molar-refractivity contribution in [1.82, 2.24) is 4.90 Å². The number of hydrogen-bond acceptors (Lipinski definition) is 2. The summed E-state index contributed by atoms with van der Waals surface area (Å²) in [6.45, 7) is 10.1. The summed E-state index contributed by atoms with van der Waals surface area (Å²) < 4.78 is 0. The number of aliphatic hydroxyl groups excluding tert-OH is 1. The second-order valence-corrected chi connectivity index (χ2v) is 6.35. The van der Waals surface area contributed by atoms with Gasteiger partial charge in [0.25, 0.3) is 0 Å². The highest BCUT2D eigenvalue weighted by molar-refractivity contribution is 5.24. The van der Waals surface area contributed by atoms with Crippen LogP contribution in [0.3, 0.4) is 0 Å². The average Bonchev–Trinajstić information content (AvgIpc) is 2.36. The molecule has 2 nitrogen and oxygen atoms in total. The van der Waals surface area contributed by atoms with E-state index in [4.69, 9.17) is 5.11 Å². The van der Waals surface area contributed by atoms with Gasteiger partial charge in [0.1, 0.15) is 0 Å². The molecule has 0 bridgehead atoms. The van der Waals surface area contributed by atoms with E-state index in [-0.39, 0.29) is 12.1 Å². The summed E-state index contributed by atoms with van der Waals surface area (Å²) in [5.41, 5.74) is 2.85. The van der Waals surface area contributed by atoms with Crippen LogP contribution in [0, 0.1) is 0 Å². The SMILES string of the molecule is CC(C)c1ccc(CCN(C)C(C)(C)CCO)cc1. The van der Waals surface area contributed by atoms with Gasteiger partial charge in [0.05, 0.1) is 0 Å². The second-order valence-electron chi connectivity index (χ2n) is 6.35. The summed E-state index contributed by atoms with van der Waals surface area (Å²) in [4.78, 5) is 2.33. The highest BCUT2D eigenvalue weighted by atomic mass is 16.3. The summed E-state index contributed by atoms with van der Waals surface area (Å²) in [5.74, 6) is 0.597. The standard InChI is InChI=1S/C17H29NO/c1-14(2)16-8-6-15(7-9-16)10-12-18(5)17(3,4)11-13-19/h6-9,14,19H,10-13H2,1-5H3. The molecule has 0 unspecified atom stereocenters. The van der Waals surface area contributed by atoms with Gasteiger partial charge in [-0.15, -0.1) is 0 Å². The van der Waals surface area contributed by atoms with Crippen molar-refractivity contribution in [3.63, 3.8) is 0 Å². The van der Waals surface area contributed by atoms with Gasteiger partial charge in [-0.05, 0) is 50.8 Å². The Hall–Kier alpha value is -0.860. The molecule has 0 saturated heterocycles. The number of likely N-dealkylation sites (N-methyl/N-ethyl adjacent to an activating group) is 1. The first-order valence-corrected chi connectivity index (χ1v) is 7.28. The van der Waals surface area contributed by atoms with Gasteiger partial charge in [-0.1, -0.05) is 38.1 Å². The minimum atomic E-state index is 0.0621. The quantitative estimate of drug-likeness (QED) is 0.814. The highest BCUT2D eigenvalue weighted by Gasteiger charge is 2.22. The molecule has 2 heteroatoms. The van der Waals surface area contributed by atoms with Crippen LogP contribution in [-0.4, -0.2) is 35.7 Å². The molecular formula is C17H29NO. The minimum Gasteiger partial charge on any atom is -0.396 e. The zero-order chi connectivity index (χ0) is 14.5. The smallest absolute Gasteiger partial charge is 0.0448 e. The number of rotatable bonds is 7. The van der Waals surface area contributed by atoms with Gasteiger partial charge in [0.15, 0.2) is 0 Å². The number of hydrogen-bond donors (Lipinski definition) is 1. The Morgan fingerprint density at radius 3 is 2.21 bits per heavy atom. The van der Waals surface area contributed by atoms with E-state index in [2.05, 4.69) is 63.9 Å². The zero-order valence-corrected chi connectivity index (χ0v) is 13.1. The molecule has 0 aromatic heterocycles. The molecule has 1 aromatic carbocycles. The summed E-state index contributed by atoms with van der Waals surface area (Å²) in [7, 11) is 2.14. The van der Waals surface area contributed by atoms with E-state index in [0.717, 1.165) is 19.4 Å². The third kappa shape index (κ3) is 4.96. The van der Waals surface area contributed by atoms with E-state index in [1.165, 1.54) is 11.1 Å². The predicted molar refractivity (Wildman–Crippen MR) is 82.6 cm³/mol. The van der Waals surface area contributed by atoms with Gasteiger partial charge >= 0.3 is 0 Å². The van der Waals surface area contributed by atoms with Gasteiger partial charge in [-0.25, -0.2) is 0 Å². The average molecular weight is 263 g/mol. The number of nitrogens with zero attached hydrogens (tertiary/aromatic N) is 1. The van der Waals surface area contributed by atoms with Crippen molar-refractivity contribution in [2.45, 2.75) is 52.0 Å². The molecule has 0 amide bonds. The molecule has 0 aliphatic rings. The van der Waals surface area contributed by atoms with E-state index in [1.807, 2.05) is 0 Å². The fourth-order valence-electron chi connectivity index (χ4n) is 2.13. The van der Waals surface area contributed by atoms with E-state index in [1.54, 1.807) is 0 Å². The Morgan fingerprint density at radius 2 is 1.74 bits per heavy atom. The molecule has 0 fully saturated rings. The summed E-state index contributed by atoms with van der Waals surface area (Å²) >= 11 is 0. The summed E-state index contributed by atoms with van der Waals surface area (Å²) in [5, 5.41) is 9.09. The van der Waals surface area contributed by atoms with Crippen LogP contribution in [0.4, 0.5) is 0 Å². The van der Waals surface area contributed by atoms with Crippen LogP contribution in [0.25, 0.3) is 0 Å². The molecule has 0 saturated carbocycles. The van der Waals surface area contributed by atoms with Crippen LogP contribution < -0.4 is 0 Å². The molecule has 1 aromatic rings. The third-order valence-corrected chi connectivity index (χ3v) is 4.14. The van der Waals surface area contributed by atoms with Crippen LogP contribution in [0.1, 0.15) is 51.2 Å². The van der Waals surface area contributed by atoms with E-state index < -0.39 is 0 Å². The third-order valence-electron chi connectivity index (χ3n) is 4.14. The Bertz CT molecular complexity index is 367. The number of benzene rings is 1. The largest absolute Gasteiger partial charge is 0.396 e. The maximum absolute atomic E-state index is 9.09. The van der Waals surface area contributed by atoms with Crippen LogP contribution in [0.2, 0.25) is 0 Å². The Kier molecular flexibility index (Phi) is 6.02. The first-order valence-electron chi connectivity index (χ1n) is 7.28. The van der Waals surface area contributed by atoms with E-state index >= 15 is 0 Å². The maximum Gasteiger partial charge on any atom is 0.0448 e. The van der Waals surface area contributed by atoms with Gasteiger partial charge in [0, 0.05) is 18.7 Å². The molecule has 0 heterocycles.